The molecule has 0 aromatic heterocycles. The molecule has 5 heteroatoms. The lowest BCUT2D eigenvalue weighted by molar-refractivity contribution is -0.125. The zero-order chi connectivity index (χ0) is 12.6. The van der Waals surface area contributed by atoms with Crippen molar-refractivity contribution >= 4 is 29.0 Å². The minimum absolute atomic E-state index is 0.0757. The number of carbonyl (C=O) groups is 2. The molecular formula is C12H12ClNO3. The smallest absolute Gasteiger partial charge is 0.267 e. The topological polar surface area (TPSA) is 46.6 Å². The molecule has 1 aromatic rings. The average Bonchev–Trinajstić information content (AvgIpc) is 2.35. The third-order valence-electron chi connectivity index (χ3n) is 2.75. The second kappa shape index (κ2) is 4.37. The molecule has 0 N–H and O–H groups in total. The van der Waals surface area contributed by atoms with Crippen molar-refractivity contribution in [3.8, 4) is 5.75 Å². The zero-order valence-corrected chi connectivity index (χ0v) is 10.3. The predicted molar refractivity (Wildman–Crippen MR) is 65.0 cm³/mol. The highest BCUT2D eigenvalue weighted by Gasteiger charge is 2.29. The van der Waals surface area contributed by atoms with Gasteiger partial charge in [-0.25, -0.2) is 0 Å². The fourth-order valence-electron chi connectivity index (χ4n) is 1.76. The van der Waals surface area contributed by atoms with Gasteiger partial charge in [0.15, 0.2) is 11.9 Å². The van der Waals surface area contributed by atoms with Gasteiger partial charge >= 0.3 is 0 Å². The number of fused-ring (bicyclic) bond motifs is 1. The van der Waals surface area contributed by atoms with E-state index in [1.807, 2.05) is 0 Å². The number of anilines is 1. The van der Waals surface area contributed by atoms with E-state index in [-0.39, 0.29) is 17.6 Å². The van der Waals surface area contributed by atoms with Gasteiger partial charge in [0.05, 0.1) is 11.6 Å². The molecule has 90 valence electrons. The highest BCUT2D eigenvalue weighted by molar-refractivity contribution is 6.30. The first-order chi connectivity index (χ1) is 8.04. The van der Waals surface area contributed by atoms with Gasteiger partial charge in [-0.1, -0.05) is 0 Å². The number of nitrogens with zero attached hydrogens (tertiary/aromatic N) is 1. The number of Topliss-reactive ketones (excluding diaryl/α,β-unsaturated/α-hetero) is 1. The molecule has 0 radical (unpaired) electrons. The molecule has 0 bridgehead atoms. The fraction of sp³-hybridized carbons (Fsp3) is 0.333. The van der Waals surface area contributed by atoms with Gasteiger partial charge in [0.2, 0.25) is 0 Å². The molecule has 0 fully saturated rings. The molecule has 1 atom stereocenters. The van der Waals surface area contributed by atoms with E-state index in [2.05, 4.69) is 0 Å². The van der Waals surface area contributed by atoms with E-state index < -0.39 is 6.10 Å². The molecule has 2 rings (SSSR count). The molecule has 1 aliphatic heterocycles. The molecule has 1 aromatic carbocycles. The summed E-state index contributed by atoms with van der Waals surface area (Å²) in [6.45, 7) is 1.69. The lowest BCUT2D eigenvalue weighted by Gasteiger charge is -2.30. The van der Waals surface area contributed by atoms with Crippen molar-refractivity contribution in [1.29, 1.82) is 0 Å². The number of likely N-dealkylation sites (N-methyl/N-ethyl adjacent to an activating group) is 1. The van der Waals surface area contributed by atoms with Crippen LogP contribution in [0.2, 0.25) is 0 Å². The van der Waals surface area contributed by atoms with Crippen LogP contribution in [-0.2, 0) is 4.79 Å². The standard InChI is InChI=1S/C12H12ClNO3/c1-7-12(16)14(2)9-5-8(10(15)6-13)3-4-11(9)17-7/h3-5,7H,6H2,1-2H3/t7-/m0/s1. The fourth-order valence-corrected chi connectivity index (χ4v) is 1.92. The number of alkyl halides is 1. The minimum atomic E-state index is -0.498. The summed E-state index contributed by atoms with van der Waals surface area (Å²) in [5, 5.41) is 0. The van der Waals surface area contributed by atoms with Crippen LogP contribution in [0, 0.1) is 0 Å². The Kier molecular flexibility index (Phi) is 3.07. The molecule has 0 saturated heterocycles. The van der Waals surface area contributed by atoms with Crippen LogP contribution < -0.4 is 9.64 Å². The Morgan fingerprint density at radius 3 is 2.88 bits per heavy atom. The summed E-state index contributed by atoms with van der Waals surface area (Å²) in [5.41, 5.74) is 1.08. The van der Waals surface area contributed by atoms with Crippen LogP contribution >= 0.6 is 11.6 Å². The maximum Gasteiger partial charge on any atom is 0.267 e. The van der Waals surface area contributed by atoms with Gasteiger partial charge < -0.3 is 9.64 Å². The van der Waals surface area contributed by atoms with Gasteiger partial charge in [-0.05, 0) is 25.1 Å². The lowest BCUT2D eigenvalue weighted by atomic mass is 10.1. The van der Waals surface area contributed by atoms with Gasteiger partial charge in [0.25, 0.3) is 5.91 Å². The number of amides is 1. The number of rotatable bonds is 2. The third kappa shape index (κ3) is 2.00. The van der Waals surface area contributed by atoms with Crippen molar-refractivity contribution in [1.82, 2.24) is 0 Å². The summed E-state index contributed by atoms with van der Waals surface area (Å²) in [6.07, 6.45) is -0.498. The second-order valence-corrected chi connectivity index (χ2v) is 4.16. The average molecular weight is 254 g/mol. The molecule has 1 aliphatic rings. The Balaban J connectivity index is 2.45. The Hall–Kier alpha value is -1.55. The quantitative estimate of drug-likeness (QED) is 0.597. The van der Waals surface area contributed by atoms with Gasteiger partial charge in [-0.15, -0.1) is 11.6 Å². The summed E-state index contributed by atoms with van der Waals surface area (Å²) in [6, 6.07) is 4.97. The summed E-state index contributed by atoms with van der Waals surface area (Å²) < 4.78 is 5.45. The molecule has 0 unspecified atom stereocenters. The van der Waals surface area contributed by atoms with Gasteiger partial charge in [-0.2, -0.15) is 0 Å². The first kappa shape index (κ1) is 11.9. The van der Waals surface area contributed by atoms with Crippen molar-refractivity contribution in [2.45, 2.75) is 13.0 Å². The molecule has 0 aliphatic carbocycles. The SMILES string of the molecule is C[C@@H]1Oc2ccc(C(=O)CCl)cc2N(C)C1=O. The van der Waals surface area contributed by atoms with E-state index in [0.717, 1.165) is 0 Å². The number of hydrogen-bond donors (Lipinski definition) is 0. The van der Waals surface area contributed by atoms with Crippen molar-refractivity contribution in [3.05, 3.63) is 23.8 Å². The first-order valence-corrected chi connectivity index (χ1v) is 5.75. The summed E-state index contributed by atoms with van der Waals surface area (Å²) in [5.74, 6) is 0.223. The Labute approximate surface area is 104 Å². The second-order valence-electron chi connectivity index (χ2n) is 3.90. The van der Waals surface area contributed by atoms with Crippen LogP contribution in [0.25, 0.3) is 0 Å². The highest BCUT2D eigenvalue weighted by atomic mass is 35.5. The van der Waals surface area contributed by atoms with E-state index in [1.165, 1.54) is 4.90 Å². The minimum Gasteiger partial charge on any atom is -0.479 e. The maximum absolute atomic E-state index is 11.7. The molecule has 17 heavy (non-hydrogen) atoms. The number of benzene rings is 1. The number of ketones is 1. The van der Waals surface area contributed by atoms with Crippen molar-refractivity contribution in [2.75, 3.05) is 17.8 Å². The molecule has 0 spiro atoms. The highest BCUT2D eigenvalue weighted by Crippen LogP contribution is 2.33. The largest absolute Gasteiger partial charge is 0.479 e. The number of ether oxygens (including phenoxy) is 1. The molecule has 4 nitrogen and oxygen atoms in total. The Bertz CT molecular complexity index is 487. The maximum atomic E-state index is 11.7. The van der Waals surface area contributed by atoms with Crippen molar-refractivity contribution in [3.63, 3.8) is 0 Å². The molecular weight excluding hydrogens is 242 g/mol. The zero-order valence-electron chi connectivity index (χ0n) is 9.57. The molecule has 1 amide bonds. The molecule has 0 saturated carbocycles. The van der Waals surface area contributed by atoms with E-state index in [9.17, 15) is 9.59 Å². The van der Waals surface area contributed by atoms with Crippen LogP contribution in [0.5, 0.6) is 5.75 Å². The van der Waals surface area contributed by atoms with Crippen molar-refractivity contribution < 1.29 is 14.3 Å². The van der Waals surface area contributed by atoms with Crippen LogP contribution in [0.1, 0.15) is 17.3 Å². The number of hydrogen-bond acceptors (Lipinski definition) is 3. The summed E-state index contributed by atoms with van der Waals surface area (Å²) in [4.78, 5) is 24.7. The van der Waals surface area contributed by atoms with Crippen LogP contribution in [0.3, 0.4) is 0 Å². The van der Waals surface area contributed by atoms with E-state index in [1.54, 1.807) is 32.2 Å². The predicted octanol–water partition coefficient (Wildman–Crippen LogP) is 1.85. The van der Waals surface area contributed by atoms with E-state index in [0.29, 0.717) is 17.0 Å². The number of carbonyl (C=O) groups excluding carboxylic acids is 2. The normalized spacial score (nSPS) is 18.6. The summed E-state index contributed by atoms with van der Waals surface area (Å²) >= 11 is 5.50. The Morgan fingerprint density at radius 2 is 2.24 bits per heavy atom. The lowest BCUT2D eigenvalue weighted by Crippen LogP contribution is -2.42. The number of halogens is 1. The first-order valence-electron chi connectivity index (χ1n) is 5.22. The van der Waals surface area contributed by atoms with E-state index in [4.69, 9.17) is 16.3 Å². The Morgan fingerprint density at radius 1 is 1.53 bits per heavy atom. The van der Waals surface area contributed by atoms with Crippen LogP contribution in [-0.4, -0.2) is 30.7 Å². The monoisotopic (exact) mass is 253 g/mol. The van der Waals surface area contributed by atoms with Crippen LogP contribution in [0.15, 0.2) is 18.2 Å². The van der Waals surface area contributed by atoms with Gasteiger partial charge in [0, 0.05) is 12.6 Å². The molecule has 1 heterocycles. The summed E-state index contributed by atoms with van der Waals surface area (Å²) in [7, 11) is 1.66. The van der Waals surface area contributed by atoms with Crippen LogP contribution in [0.4, 0.5) is 5.69 Å². The van der Waals surface area contributed by atoms with Gasteiger partial charge in [-0.3, -0.25) is 9.59 Å². The van der Waals surface area contributed by atoms with Crippen molar-refractivity contribution in [2.24, 2.45) is 0 Å². The third-order valence-corrected chi connectivity index (χ3v) is 2.99. The van der Waals surface area contributed by atoms with E-state index >= 15 is 0 Å². The van der Waals surface area contributed by atoms with Gasteiger partial charge in [0.1, 0.15) is 5.75 Å².